The fraction of sp³-hybridized carbons (Fsp3) is 0.0556. The number of halogens is 2. The molecule has 0 bridgehead atoms. The third-order valence-electron chi connectivity index (χ3n) is 3.66. The molecule has 28 heavy (non-hydrogen) atoms. The Morgan fingerprint density at radius 1 is 1.11 bits per heavy atom. The number of hydrogen-bond acceptors (Lipinski definition) is 6. The number of non-ortho nitro benzene ring substituents is 1. The number of nitro benzene ring substituents is 1. The number of pyridine rings is 1. The smallest absolute Gasteiger partial charge is 0.338 e. The first kappa shape index (κ1) is 19.5. The highest BCUT2D eigenvalue weighted by Crippen LogP contribution is 2.26. The molecule has 0 radical (unpaired) electrons. The van der Waals surface area contributed by atoms with Gasteiger partial charge in [-0.05, 0) is 36.4 Å². The Labute approximate surface area is 168 Å². The van der Waals surface area contributed by atoms with Crippen LogP contribution in [0.15, 0.2) is 48.5 Å². The Balaban J connectivity index is 1.64. The molecule has 0 fully saturated rings. The molecule has 1 aromatic heterocycles. The first-order valence-electron chi connectivity index (χ1n) is 7.81. The van der Waals surface area contributed by atoms with E-state index in [9.17, 15) is 19.7 Å². The number of carbonyl (C=O) groups excluding carboxylic acids is 2. The van der Waals surface area contributed by atoms with Crippen LogP contribution in [0.5, 0.6) is 0 Å². The molecule has 1 N–H and O–H groups in total. The van der Waals surface area contributed by atoms with E-state index in [0.29, 0.717) is 16.1 Å². The van der Waals surface area contributed by atoms with Gasteiger partial charge in [-0.1, -0.05) is 23.2 Å². The number of esters is 1. The second-order valence-corrected chi connectivity index (χ2v) is 6.38. The van der Waals surface area contributed by atoms with Gasteiger partial charge in [0, 0.05) is 17.5 Å². The van der Waals surface area contributed by atoms with E-state index in [2.05, 4.69) is 10.3 Å². The lowest BCUT2D eigenvalue weighted by molar-refractivity contribution is -0.384. The van der Waals surface area contributed by atoms with Crippen LogP contribution in [-0.2, 0) is 9.53 Å². The summed E-state index contributed by atoms with van der Waals surface area (Å²) < 4.78 is 4.98. The zero-order valence-electron chi connectivity index (χ0n) is 14.0. The molecular weight excluding hydrogens is 409 g/mol. The van der Waals surface area contributed by atoms with Crippen LogP contribution in [0.4, 0.5) is 11.4 Å². The minimum absolute atomic E-state index is 0.0468. The summed E-state index contributed by atoms with van der Waals surface area (Å²) in [5.41, 5.74) is 0.659. The Bertz CT molecular complexity index is 1100. The number of carbonyl (C=O) groups is 2. The van der Waals surface area contributed by atoms with Crippen LogP contribution >= 0.6 is 23.2 Å². The van der Waals surface area contributed by atoms with Gasteiger partial charge in [0.05, 0.1) is 26.7 Å². The number of nitro groups is 1. The minimum Gasteiger partial charge on any atom is -0.452 e. The number of hydrogen-bond donors (Lipinski definition) is 1. The van der Waals surface area contributed by atoms with E-state index in [-0.39, 0.29) is 22.0 Å². The average Bonchev–Trinajstić information content (AvgIpc) is 2.67. The van der Waals surface area contributed by atoms with E-state index < -0.39 is 23.4 Å². The first-order valence-corrected chi connectivity index (χ1v) is 8.56. The van der Waals surface area contributed by atoms with Crippen molar-refractivity contribution in [1.82, 2.24) is 4.98 Å². The SMILES string of the molecule is O=C(COC(=O)c1ccc2nc(Cl)ccc2c1)Nc1cc([N+](=O)[O-])ccc1Cl. The Morgan fingerprint density at radius 3 is 2.64 bits per heavy atom. The van der Waals surface area contributed by atoms with Crippen molar-refractivity contribution < 1.29 is 19.2 Å². The number of nitrogens with one attached hydrogen (secondary N) is 1. The van der Waals surface area contributed by atoms with Crippen molar-refractivity contribution in [3.8, 4) is 0 Å². The summed E-state index contributed by atoms with van der Waals surface area (Å²) in [6.07, 6.45) is 0. The van der Waals surface area contributed by atoms with E-state index in [4.69, 9.17) is 27.9 Å². The van der Waals surface area contributed by atoms with Gasteiger partial charge in [-0.2, -0.15) is 0 Å². The number of benzene rings is 2. The highest BCUT2D eigenvalue weighted by Gasteiger charge is 2.15. The second kappa shape index (κ2) is 8.20. The molecule has 0 saturated carbocycles. The van der Waals surface area contributed by atoms with Gasteiger partial charge >= 0.3 is 5.97 Å². The maximum absolute atomic E-state index is 12.2. The molecule has 0 aliphatic carbocycles. The molecule has 0 unspecified atom stereocenters. The Morgan fingerprint density at radius 2 is 1.89 bits per heavy atom. The van der Waals surface area contributed by atoms with Gasteiger partial charge in [0.25, 0.3) is 11.6 Å². The summed E-state index contributed by atoms with van der Waals surface area (Å²) in [6.45, 7) is -0.589. The molecule has 142 valence electrons. The number of aromatic nitrogens is 1. The van der Waals surface area contributed by atoms with Gasteiger partial charge in [0.1, 0.15) is 5.15 Å². The lowest BCUT2D eigenvalue weighted by Crippen LogP contribution is -2.21. The summed E-state index contributed by atoms with van der Waals surface area (Å²) in [6, 6.07) is 11.6. The van der Waals surface area contributed by atoms with Gasteiger partial charge in [-0.25, -0.2) is 9.78 Å². The maximum Gasteiger partial charge on any atom is 0.338 e. The average molecular weight is 420 g/mol. The molecule has 2 aromatic carbocycles. The molecule has 3 aromatic rings. The van der Waals surface area contributed by atoms with Crippen LogP contribution in [0.25, 0.3) is 10.9 Å². The third-order valence-corrected chi connectivity index (χ3v) is 4.20. The lowest BCUT2D eigenvalue weighted by Gasteiger charge is -2.08. The molecule has 0 aliphatic heterocycles. The van der Waals surface area contributed by atoms with Crippen LogP contribution in [0.3, 0.4) is 0 Å². The van der Waals surface area contributed by atoms with Crippen LogP contribution < -0.4 is 5.32 Å². The van der Waals surface area contributed by atoms with E-state index in [1.54, 1.807) is 24.3 Å². The van der Waals surface area contributed by atoms with Gasteiger partial charge in [0.2, 0.25) is 0 Å². The van der Waals surface area contributed by atoms with Gasteiger partial charge in [-0.3, -0.25) is 14.9 Å². The summed E-state index contributed by atoms with van der Waals surface area (Å²) >= 11 is 11.7. The molecule has 10 heteroatoms. The zero-order chi connectivity index (χ0) is 20.3. The van der Waals surface area contributed by atoms with E-state index >= 15 is 0 Å². The molecular formula is C18H11Cl2N3O5. The van der Waals surface area contributed by atoms with Crippen molar-refractivity contribution in [2.24, 2.45) is 0 Å². The standard InChI is InChI=1S/C18H11Cl2N3O5/c19-13-4-3-12(23(26)27)8-15(13)22-17(24)9-28-18(25)11-1-5-14-10(7-11)2-6-16(20)21-14/h1-8H,9H2,(H,22,24). The van der Waals surface area contributed by atoms with Crippen molar-refractivity contribution in [2.75, 3.05) is 11.9 Å². The number of rotatable bonds is 5. The fourth-order valence-electron chi connectivity index (χ4n) is 2.35. The van der Waals surface area contributed by atoms with Gasteiger partial charge in [0.15, 0.2) is 6.61 Å². The molecule has 0 aliphatic rings. The molecule has 1 amide bonds. The summed E-state index contributed by atoms with van der Waals surface area (Å²) in [4.78, 5) is 38.4. The van der Waals surface area contributed by atoms with Crippen LogP contribution in [0.2, 0.25) is 10.2 Å². The zero-order valence-corrected chi connectivity index (χ0v) is 15.5. The summed E-state index contributed by atoms with van der Waals surface area (Å²) in [5.74, 6) is -1.40. The van der Waals surface area contributed by atoms with Gasteiger partial charge < -0.3 is 10.1 Å². The molecule has 0 saturated heterocycles. The van der Waals surface area contributed by atoms with E-state index in [1.165, 1.54) is 18.2 Å². The molecule has 3 rings (SSSR count). The highest BCUT2D eigenvalue weighted by atomic mass is 35.5. The van der Waals surface area contributed by atoms with Crippen molar-refractivity contribution in [3.05, 3.63) is 74.4 Å². The minimum atomic E-state index is -0.711. The molecule has 0 atom stereocenters. The highest BCUT2D eigenvalue weighted by molar-refractivity contribution is 6.33. The summed E-state index contributed by atoms with van der Waals surface area (Å²) in [7, 11) is 0. The number of nitrogens with zero attached hydrogens (tertiary/aromatic N) is 2. The van der Waals surface area contributed by atoms with Crippen LogP contribution in [-0.4, -0.2) is 28.4 Å². The number of ether oxygens (including phenoxy) is 1. The quantitative estimate of drug-likeness (QED) is 0.286. The molecule has 8 nitrogen and oxygen atoms in total. The van der Waals surface area contributed by atoms with Crippen molar-refractivity contribution in [3.63, 3.8) is 0 Å². The monoisotopic (exact) mass is 419 g/mol. The second-order valence-electron chi connectivity index (χ2n) is 5.59. The lowest BCUT2D eigenvalue weighted by atomic mass is 10.1. The largest absolute Gasteiger partial charge is 0.452 e. The van der Waals surface area contributed by atoms with Crippen molar-refractivity contribution in [1.29, 1.82) is 0 Å². The maximum atomic E-state index is 12.2. The van der Waals surface area contributed by atoms with Crippen molar-refractivity contribution in [2.45, 2.75) is 0 Å². The number of fused-ring (bicyclic) bond motifs is 1. The van der Waals surface area contributed by atoms with Gasteiger partial charge in [-0.15, -0.1) is 0 Å². The molecule has 1 heterocycles. The third kappa shape index (κ3) is 4.54. The topological polar surface area (TPSA) is 111 Å². The normalized spacial score (nSPS) is 10.5. The Hall–Kier alpha value is -3.23. The van der Waals surface area contributed by atoms with E-state index in [1.807, 2.05) is 0 Å². The number of anilines is 1. The number of amides is 1. The van der Waals surface area contributed by atoms with Crippen LogP contribution in [0, 0.1) is 10.1 Å². The van der Waals surface area contributed by atoms with Crippen LogP contribution in [0.1, 0.15) is 10.4 Å². The predicted molar refractivity (Wildman–Crippen MR) is 104 cm³/mol. The molecule has 0 spiro atoms. The Kier molecular flexibility index (Phi) is 5.72. The first-order chi connectivity index (χ1) is 13.3. The fourth-order valence-corrected chi connectivity index (χ4v) is 2.67. The van der Waals surface area contributed by atoms with E-state index in [0.717, 1.165) is 6.07 Å². The van der Waals surface area contributed by atoms with Crippen molar-refractivity contribution >= 4 is 57.4 Å². The predicted octanol–water partition coefficient (Wildman–Crippen LogP) is 4.25. The summed E-state index contributed by atoms with van der Waals surface area (Å²) in [5, 5.41) is 14.3.